The molecule has 26 heavy (non-hydrogen) atoms. The predicted octanol–water partition coefficient (Wildman–Crippen LogP) is 1.73. The van der Waals surface area contributed by atoms with Gasteiger partial charge in [-0.3, -0.25) is 4.79 Å². The summed E-state index contributed by atoms with van der Waals surface area (Å²) in [5, 5.41) is 11.6. The highest BCUT2D eigenvalue weighted by Crippen LogP contribution is 2.20. The van der Waals surface area contributed by atoms with Crippen molar-refractivity contribution in [1.29, 1.82) is 0 Å². The van der Waals surface area contributed by atoms with Crippen LogP contribution in [-0.2, 0) is 29.1 Å². The molecule has 1 aliphatic heterocycles. The molecule has 0 aliphatic carbocycles. The fraction of sp³-hybridized carbons (Fsp3) is 0.526. The quantitative estimate of drug-likeness (QED) is 0.787. The van der Waals surface area contributed by atoms with Crippen molar-refractivity contribution in [2.75, 3.05) is 6.61 Å². The molecule has 1 amide bonds. The van der Waals surface area contributed by atoms with Gasteiger partial charge in [-0.25, -0.2) is 0 Å². The normalized spacial score (nSPS) is 15.3. The van der Waals surface area contributed by atoms with Crippen LogP contribution in [0.3, 0.4) is 0 Å². The van der Waals surface area contributed by atoms with Crippen LogP contribution in [0.15, 0.2) is 30.3 Å². The van der Waals surface area contributed by atoms with Crippen molar-refractivity contribution in [3.8, 4) is 0 Å². The van der Waals surface area contributed by atoms with Crippen LogP contribution in [0.4, 0.5) is 0 Å². The van der Waals surface area contributed by atoms with Crippen molar-refractivity contribution in [2.45, 2.75) is 57.8 Å². The number of nitrogens with zero attached hydrogens (tertiary/aromatic N) is 3. The van der Waals surface area contributed by atoms with Gasteiger partial charge in [-0.15, -0.1) is 10.2 Å². The van der Waals surface area contributed by atoms with Gasteiger partial charge in [-0.1, -0.05) is 30.3 Å². The first-order chi connectivity index (χ1) is 12.4. The summed E-state index contributed by atoms with van der Waals surface area (Å²) in [4.78, 5) is 12.4. The van der Waals surface area contributed by atoms with Crippen molar-refractivity contribution in [2.24, 2.45) is 5.73 Å². The molecule has 7 nitrogen and oxygen atoms in total. The minimum Gasteiger partial charge on any atom is -0.374 e. The van der Waals surface area contributed by atoms with Crippen LogP contribution < -0.4 is 11.1 Å². The number of rotatable bonds is 7. The zero-order valence-electron chi connectivity index (χ0n) is 15.4. The molecule has 7 heteroatoms. The molecule has 0 saturated heterocycles. The summed E-state index contributed by atoms with van der Waals surface area (Å²) in [6.45, 7) is 5.02. The van der Waals surface area contributed by atoms with Crippen molar-refractivity contribution < 1.29 is 9.53 Å². The third kappa shape index (κ3) is 4.47. The molecule has 0 spiro atoms. The van der Waals surface area contributed by atoms with E-state index in [0.717, 1.165) is 43.0 Å². The summed E-state index contributed by atoms with van der Waals surface area (Å²) in [5.41, 5.74) is 6.06. The third-order valence-electron chi connectivity index (χ3n) is 4.49. The molecule has 0 saturated carbocycles. The van der Waals surface area contributed by atoms with E-state index in [0.29, 0.717) is 13.2 Å². The van der Waals surface area contributed by atoms with Gasteiger partial charge in [-0.2, -0.15) is 0 Å². The number of nitrogens with two attached hydrogens (primary N) is 1. The molecule has 2 heterocycles. The number of nitrogens with one attached hydrogen (secondary N) is 1. The Hall–Kier alpha value is -2.25. The van der Waals surface area contributed by atoms with Crippen LogP contribution in [0.25, 0.3) is 0 Å². The minimum atomic E-state index is -0.970. The van der Waals surface area contributed by atoms with Crippen LogP contribution in [0.1, 0.15) is 49.9 Å². The third-order valence-corrected chi connectivity index (χ3v) is 4.49. The number of aryl methyl sites for hydroxylation is 1. The second-order valence-corrected chi connectivity index (χ2v) is 7.33. The molecule has 0 radical (unpaired) electrons. The van der Waals surface area contributed by atoms with Gasteiger partial charge in [0.2, 0.25) is 5.91 Å². The Balaban J connectivity index is 1.73. The van der Waals surface area contributed by atoms with Crippen LogP contribution in [-0.4, -0.2) is 32.8 Å². The summed E-state index contributed by atoms with van der Waals surface area (Å²) < 4.78 is 7.97. The molecule has 3 N–H and O–H groups in total. The van der Waals surface area contributed by atoms with E-state index >= 15 is 0 Å². The lowest BCUT2D eigenvalue weighted by atomic mass is 10.1. The van der Waals surface area contributed by atoms with E-state index in [4.69, 9.17) is 10.5 Å². The minimum absolute atomic E-state index is 0.237. The first-order valence-corrected chi connectivity index (χ1v) is 9.08. The van der Waals surface area contributed by atoms with Gasteiger partial charge in [0.05, 0.1) is 18.8 Å². The van der Waals surface area contributed by atoms with Gasteiger partial charge < -0.3 is 20.4 Å². The summed E-state index contributed by atoms with van der Waals surface area (Å²) >= 11 is 0. The largest absolute Gasteiger partial charge is 0.374 e. The van der Waals surface area contributed by atoms with Crippen LogP contribution in [0, 0.1) is 0 Å². The van der Waals surface area contributed by atoms with Gasteiger partial charge in [-0.05, 0) is 32.3 Å². The highest BCUT2D eigenvalue weighted by molar-refractivity contribution is 5.85. The Morgan fingerprint density at radius 3 is 2.81 bits per heavy atom. The molecule has 1 aromatic carbocycles. The maximum Gasteiger partial charge on any atom is 0.240 e. The summed E-state index contributed by atoms with van der Waals surface area (Å²) in [5.74, 6) is 1.48. The Labute approximate surface area is 153 Å². The van der Waals surface area contributed by atoms with Crippen molar-refractivity contribution >= 4 is 5.91 Å². The number of fused-ring (bicyclic) bond motifs is 1. The summed E-state index contributed by atoms with van der Waals surface area (Å²) in [6.07, 6.45) is 3.13. The number of amides is 1. The molecule has 3 rings (SSSR count). The molecule has 1 aliphatic rings. The van der Waals surface area contributed by atoms with Crippen LogP contribution in [0.5, 0.6) is 0 Å². The smallest absolute Gasteiger partial charge is 0.240 e. The molecule has 0 fully saturated rings. The van der Waals surface area contributed by atoms with E-state index in [1.165, 1.54) is 0 Å². The number of hydrogen-bond acceptors (Lipinski definition) is 5. The van der Waals surface area contributed by atoms with E-state index in [9.17, 15) is 4.79 Å². The average Bonchev–Trinajstić information content (AvgIpc) is 3.05. The monoisotopic (exact) mass is 357 g/mol. The molecular weight excluding hydrogens is 330 g/mol. The fourth-order valence-corrected chi connectivity index (χ4v) is 2.98. The van der Waals surface area contributed by atoms with E-state index in [-0.39, 0.29) is 11.9 Å². The molecule has 140 valence electrons. The Bertz CT molecular complexity index is 736. The molecule has 2 aromatic rings. The number of carbonyl (C=O) groups is 1. The van der Waals surface area contributed by atoms with Gasteiger partial charge in [0, 0.05) is 13.0 Å². The predicted molar refractivity (Wildman–Crippen MR) is 98.2 cm³/mol. The first-order valence-electron chi connectivity index (χ1n) is 9.08. The maximum absolute atomic E-state index is 12.4. The average molecular weight is 357 g/mol. The summed E-state index contributed by atoms with van der Waals surface area (Å²) in [6, 6.07) is 9.56. The lowest BCUT2D eigenvalue weighted by Gasteiger charge is -2.25. The first kappa shape index (κ1) is 18.5. The van der Waals surface area contributed by atoms with Gasteiger partial charge in [0.1, 0.15) is 11.9 Å². The summed E-state index contributed by atoms with van der Waals surface area (Å²) in [7, 11) is 0. The lowest BCUT2D eigenvalue weighted by Crippen LogP contribution is -2.51. The number of ether oxygens (including phenoxy) is 1. The molecule has 1 aromatic heterocycles. The molecular formula is C19H27N5O2. The van der Waals surface area contributed by atoms with Crippen LogP contribution >= 0.6 is 0 Å². The van der Waals surface area contributed by atoms with E-state index in [1.807, 2.05) is 30.3 Å². The zero-order valence-corrected chi connectivity index (χ0v) is 15.4. The van der Waals surface area contributed by atoms with Gasteiger partial charge in [0.25, 0.3) is 0 Å². The van der Waals surface area contributed by atoms with Crippen molar-refractivity contribution in [1.82, 2.24) is 20.1 Å². The highest BCUT2D eigenvalue weighted by Gasteiger charge is 2.29. The topological polar surface area (TPSA) is 95.1 Å². The van der Waals surface area contributed by atoms with Gasteiger partial charge >= 0.3 is 0 Å². The van der Waals surface area contributed by atoms with Crippen LogP contribution in [0.2, 0.25) is 0 Å². The van der Waals surface area contributed by atoms with E-state index < -0.39 is 5.54 Å². The maximum atomic E-state index is 12.4. The molecule has 1 unspecified atom stereocenters. The van der Waals surface area contributed by atoms with E-state index in [2.05, 4.69) is 20.1 Å². The van der Waals surface area contributed by atoms with Crippen molar-refractivity contribution in [3.63, 3.8) is 0 Å². The van der Waals surface area contributed by atoms with E-state index in [1.54, 1.807) is 13.8 Å². The standard InChI is InChI=1S/C19H27N5O2/c1-19(2,20)18(25)21-15(13-26-12-14-8-4-3-5-9-14)17-23-22-16-10-6-7-11-24(16)17/h3-5,8-9,15H,6-7,10-13,20H2,1-2H3,(H,21,25). The lowest BCUT2D eigenvalue weighted by molar-refractivity contribution is -0.126. The molecule has 1 atom stereocenters. The fourth-order valence-electron chi connectivity index (χ4n) is 2.98. The number of hydrogen-bond donors (Lipinski definition) is 2. The number of carbonyl (C=O) groups excluding carboxylic acids is 1. The Kier molecular flexibility index (Phi) is 5.68. The second kappa shape index (κ2) is 7.97. The SMILES string of the molecule is CC(C)(N)C(=O)NC(COCc1ccccc1)c1nnc2n1CCCC2. The molecule has 0 bridgehead atoms. The number of benzene rings is 1. The Morgan fingerprint density at radius 1 is 1.31 bits per heavy atom. The van der Waals surface area contributed by atoms with Gasteiger partial charge in [0.15, 0.2) is 5.82 Å². The zero-order chi connectivity index (χ0) is 18.6. The number of aromatic nitrogens is 3. The highest BCUT2D eigenvalue weighted by atomic mass is 16.5. The second-order valence-electron chi connectivity index (χ2n) is 7.33. The van der Waals surface area contributed by atoms with Crippen molar-refractivity contribution in [3.05, 3.63) is 47.5 Å². The Morgan fingerprint density at radius 2 is 2.08 bits per heavy atom.